The predicted molar refractivity (Wildman–Crippen MR) is 131 cm³/mol. The predicted octanol–water partition coefficient (Wildman–Crippen LogP) is 3.89. The van der Waals surface area contributed by atoms with Crippen molar-refractivity contribution in [2.24, 2.45) is 0 Å². The largest absolute Gasteiger partial charge is 0.378 e. The Morgan fingerprint density at radius 1 is 0.788 bits per heavy atom. The first-order chi connectivity index (χ1) is 16.2. The quantitative estimate of drug-likeness (QED) is 0.516. The second-order valence-corrected chi connectivity index (χ2v) is 7.84. The number of amides is 3. The third-order valence-electron chi connectivity index (χ3n) is 5.45. The van der Waals surface area contributed by atoms with Crippen molar-refractivity contribution in [2.45, 2.75) is 12.5 Å². The summed E-state index contributed by atoms with van der Waals surface area (Å²) < 4.78 is 5.40. The lowest BCUT2D eigenvalue weighted by Gasteiger charge is -2.29. The number of para-hydroxylation sites is 1. The van der Waals surface area contributed by atoms with Gasteiger partial charge in [-0.2, -0.15) is 0 Å². The Kier molecular flexibility index (Phi) is 7.56. The van der Waals surface area contributed by atoms with Crippen molar-refractivity contribution in [3.05, 3.63) is 90.5 Å². The fraction of sp³-hybridized carbons (Fsp3) is 0.231. The summed E-state index contributed by atoms with van der Waals surface area (Å²) in [6.07, 6.45) is 0.376. The Hall–Kier alpha value is -3.84. The van der Waals surface area contributed by atoms with E-state index in [9.17, 15) is 9.59 Å². The number of urea groups is 1. The maximum absolute atomic E-state index is 13.1. The van der Waals surface area contributed by atoms with Crippen molar-refractivity contribution in [3.63, 3.8) is 0 Å². The highest BCUT2D eigenvalue weighted by Crippen LogP contribution is 2.19. The summed E-state index contributed by atoms with van der Waals surface area (Å²) in [6, 6.07) is 25.3. The first-order valence-electron chi connectivity index (χ1n) is 11.1. The average Bonchev–Trinajstić information content (AvgIpc) is 2.86. The minimum absolute atomic E-state index is 0.277. The summed E-state index contributed by atoms with van der Waals surface area (Å²) in [5.74, 6) is -0.277. The number of anilines is 3. The van der Waals surface area contributed by atoms with E-state index in [-0.39, 0.29) is 5.91 Å². The molecule has 1 aliphatic heterocycles. The highest BCUT2D eigenvalue weighted by atomic mass is 16.5. The van der Waals surface area contributed by atoms with E-state index in [0.29, 0.717) is 17.8 Å². The van der Waals surface area contributed by atoms with Crippen LogP contribution in [-0.4, -0.2) is 44.3 Å². The van der Waals surface area contributed by atoms with Gasteiger partial charge in [0.1, 0.15) is 6.04 Å². The van der Waals surface area contributed by atoms with Gasteiger partial charge in [0.15, 0.2) is 0 Å². The molecule has 1 atom stereocenters. The van der Waals surface area contributed by atoms with Gasteiger partial charge in [0.05, 0.1) is 13.2 Å². The monoisotopic (exact) mass is 444 g/mol. The minimum Gasteiger partial charge on any atom is -0.378 e. The van der Waals surface area contributed by atoms with Gasteiger partial charge in [0, 0.05) is 36.6 Å². The van der Waals surface area contributed by atoms with E-state index in [4.69, 9.17) is 4.74 Å². The van der Waals surface area contributed by atoms with Crippen LogP contribution in [0.15, 0.2) is 84.9 Å². The number of benzene rings is 3. The number of carbonyl (C=O) groups excluding carboxylic acids is 2. The number of morpholine rings is 1. The summed E-state index contributed by atoms with van der Waals surface area (Å²) in [6.45, 7) is 3.14. The molecule has 7 heteroatoms. The molecule has 33 heavy (non-hydrogen) atoms. The maximum Gasteiger partial charge on any atom is 0.319 e. The highest BCUT2D eigenvalue weighted by Gasteiger charge is 2.22. The smallest absolute Gasteiger partial charge is 0.319 e. The lowest BCUT2D eigenvalue weighted by Crippen LogP contribution is -2.46. The molecule has 1 saturated heterocycles. The second-order valence-electron chi connectivity index (χ2n) is 7.84. The molecule has 170 valence electrons. The molecule has 1 aliphatic rings. The highest BCUT2D eigenvalue weighted by molar-refractivity contribution is 5.99. The van der Waals surface area contributed by atoms with Crippen LogP contribution in [0.5, 0.6) is 0 Å². The van der Waals surface area contributed by atoms with Crippen LogP contribution in [0.1, 0.15) is 5.56 Å². The van der Waals surface area contributed by atoms with Crippen molar-refractivity contribution in [1.82, 2.24) is 5.32 Å². The van der Waals surface area contributed by atoms with Crippen LogP contribution in [0.3, 0.4) is 0 Å². The zero-order valence-corrected chi connectivity index (χ0v) is 18.4. The van der Waals surface area contributed by atoms with Gasteiger partial charge in [-0.3, -0.25) is 4.79 Å². The standard InChI is InChI=1S/C26H28N4O3/c31-25(27-22-11-13-23(14-12-22)30-15-17-33-18-16-30)24(19-20-7-3-1-4-8-20)29-26(32)28-21-9-5-2-6-10-21/h1-14,24H,15-19H2,(H,27,31)(H2,28,29,32)/t24-/m0/s1. The zero-order valence-electron chi connectivity index (χ0n) is 18.4. The second kappa shape index (κ2) is 11.2. The lowest BCUT2D eigenvalue weighted by atomic mass is 10.1. The van der Waals surface area contributed by atoms with Gasteiger partial charge in [0.25, 0.3) is 0 Å². The van der Waals surface area contributed by atoms with E-state index >= 15 is 0 Å². The fourth-order valence-electron chi connectivity index (χ4n) is 3.71. The number of carbonyl (C=O) groups is 2. The van der Waals surface area contributed by atoms with Crippen molar-refractivity contribution < 1.29 is 14.3 Å². The molecule has 0 bridgehead atoms. The molecule has 0 saturated carbocycles. The third kappa shape index (κ3) is 6.57. The lowest BCUT2D eigenvalue weighted by molar-refractivity contribution is -0.117. The topological polar surface area (TPSA) is 82.7 Å². The summed E-state index contributed by atoms with van der Waals surface area (Å²) in [7, 11) is 0. The van der Waals surface area contributed by atoms with E-state index in [1.165, 1.54) is 0 Å². The molecule has 0 radical (unpaired) electrons. The van der Waals surface area contributed by atoms with Crippen LogP contribution in [-0.2, 0) is 16.0 Å². The number of hydrogen-bond donors (Lipinski definition) is 3. The summed E-state index contributed by atoms with van der Waals surface area (Å²) in [4.78, 5) is 27.9. The van der Waals surface area contributed by atoms with Crippen LogP contribution >= 0.6 is 0 Å². The van der Waals surface area contributed by atoms with Crippen LogP contribution in [0.25, 0.3) is 0 Å². The van der Waals surface area contributed by atoms with Crippen LogP contribution < -0.4 is 20.9 Å². The molecule has 3 N–H and O–H groups in total. The summed E-state index contributed by atoms with van der Waals surface area (Å²) in [5, 5.41) is 8.52. The molecule has 7 nitrogen and oxygen atoms in total. The van der Waals surface area contributed by atoms with Crippen molar-refractivity contribution in [1.29, 1.82) is 0 Å². The first-order valence-corrected chi connectivity index (χ1v) is 11.1. The Bertz CT molecular complexity index is 1040. The molecule has 3 amide bonds. The Labute approximate surface area is 193 Å². The summed E-state index contributed by atoms with van der Waals surface area (Å²) >= 11 is 0. The van der Waals surface area contributed by atoms with Gasteiger partial charge in [-0.1, -0.05) is 48.5 Å². The SMILES string of the molecule is O=C(Nc1ccccc1)N[C@@H](Cc1ccccc1)C(=O)Nc1ccc(N2CCOCC2)cc1. The molecule has 0 unspecified atom stereocenters. The number of ether oxygens (including phenoxy) is 1. The molecular formula is C26H28N4O3. The number of rotatable bonds is 7. The van der Waals surface area contributed by atoms with Gasteiger partial charge in [-0.05, 0) is 42.0 Å². The Balaban J connectivity index is 1.42. The van der Waals surface area contributed by atoms with E-state index < -0.39 is 12.1 Å². The van der Waals surface area contributed by atoms with E-state index in [2.05, 4.69) is 20.9 Å². The summed E-state index contributed by atoms with van der Waals surface area (Å²) in [5.41, 5.74) is 3.39. The number of hydrogen-bond acceptors (Lipinski definition) is 4. The van der Waals surface area contributed by atoms with Crippen molar-refractivity contribution in [2.75, 3.05) is 41.8 Å². The maximum atomic E-state index is 13.1. The molecule has 0 aromatic heterocycles. The molecule has 1 fully saturated rings. The third-order valence-corrected chi connectivity index (χ3v) is 5.45. The van der Waals surface area contributed by atoms with Crippen LogP contribution in [0, 0.1) is 0 Å². The zero-order chi connectivity index (χ0) is 22.9. The van der Waals surface area contributed by atoms with Gasteiger partial charge in [0.2, 0.25) is 5.91 Å². The average molecular weight is 445 g/mol. The van der Waals surface area contributed by atoms with Crippen molar-refractivity contribution >= 4 is 29.0 Å². The minimum atomic E-state index is -0.741. The first kappa shape index (κ1) is 22.4. The Morgan fingerprint density at radius 2 is 1.39 bits per heavy atom. The van der Waals surface area contributed by atoms with Gasteiger partial charge in [-0.15, -0.1) is 0 Å². The fourth-order valence-corrected chi connectivity index (χ4v) is 3.71. The number of nitrogens with zero attached hydrogens (tertiary/aromatic N) is 1. The molecule has 4 rings (SSSR count). The normalized spacial score (nSPS) is 14.2. The van der Waals surface area contributed by atoms with E-state index in [1.54, 1.807) is 12.1 Å². The van der Waals surface area contributed by atoms with E-state index in [0.717, 1.165) is 37.6 Å². The molecule has 3 aromatic rings. The van der Waals surface area contributed by atoms with E-state index in [1.807, 2.05) is 72.8 Å². The molecule has 0 spiro atoms. The molecule has 0 aliphatic carbocycles. The van der Waals surface area contributed by atoms with Crippen molar-refractivity contribution in [3.8, 4) is 0 Å². The molecule has 3 aromatic carbocycles. The van der Waals surface area contributed by atoms with Crippen LogP contribution in [0.2, 0.25) is 0 Å². The Morgan fingerprint density at radius 3 is 2.06 bits per heavy atom. The molecule has 1 heterocycles. The van der Waals surface area contributed by atoms with Gasteiger partial charge in [-0.25, -0.2) is 4.79 Å². The van der Waals surface area contributed by atoms with Gasteiger partial charge >= 0.3 is 6.03 Å². The van der Waals surface area contributed by atoms with Crippen LogP contribution in [0.4, 0.5) is 21.9 Å². The number of nitrogens with one attached hydrogen (secondary N) is 3. The van der Waals surface area contributed by atoms with Gasteiger partial charge < -0.3 is 25.6 Å². The molecular weight excluding hydrogens is 416 g/mol.